The molecule has 0 aliphatic carbocycles. The van der Waals surface area contributed by atoms with E-state index in [9.17, 15) is 14.7 Å². The number of hydrogen-bond donors (Lipinski definition) is 2. The van der Waals surface area contributed by atoms with Gasteiger partial charge in [-0.15, -0.1) is 0 Å². The van der Waals surface area contributed by atoms with Crippen LogP contribution in [0.25, 0.3) is 0 Å². The number of nitrogens with one attached hydrogen (secondary N) is 1. The SMILES string of the molecule is CC(C)(C)OC(=O)NCCC(CCO)[C@@H]1C[C@@H](O[Si](C)(C)C(C)(C)C)CN1C(=O)OC(C)(C)C. The van der Waals surface area contributed by atoms with E-state index in [4.69, 9.17) is 13.9 Å². The Morgan fingerprint density at radius 2 is 1.56 bits per heavy atom. The molecule has 1 aliphatic heterocycles. The number of carbonyl (C=O) groups is 2. The predicted octanol–water partition coefficient (Wildman–Crippen LogP) is 5.30. The predicted molar refractivity (Wildman–Crippen MR) is 137 cm³/mol. The van der Waals surface area contributed by atoms with Gasteiger partial charge in [-0.25, -0.2) is 9.59 Å². The van der Waals surface area contributed by atoms with E-state index >= 15 is 0 Å². The summed E-state index contributed by atoms with van der Waals surface area (Å²) in [6.45, 7) is 22.9. The van der Waals surface area contributed by atoms with E-state index in [1.165, 1.54) is 0 Å². The fraction of sp³-hybridized carbons (Fsp3) is 0.920. The van der Waals surface area contributed by atoms with Crippen LogP contribution in [0.15, 0.2) is 0 Å². The van der Waals surface area contributed by atoms with Crippen LogP contribution in [0.3, 0.4) is 0 Å². The first-order valence-electron chi connectivity index (χ1n) is 12.5. The summed E-state index contributed by atoms with van der Waals surface area (Å²) in [5, 5.41) is 12.6. The maximum absolute atomic E-state index is 13.1. The lowest BCUT2D eigenvalue weighted by Crippen LogP contribution is -2.45. The van der Waals surface area contributed by atoms with Crippen molar-refractivity contribution >= 4 is 20.5 Å². The number of ether oxygens (including phenoxy) is 2. The number of carbonyl (C=O) groups excluding carboxylic acids is 2. The molecule has 0 aromatic heterocycles. The Morgan fingerprint density at radius 1 is 1.00 bits per heavy atom. The smallest absolute Gasteiger partial charge is 0.410 e. The average Bonchev–Trinajstić information content (AvgIpc) is 3.00. The van der Waals surface area contributed by atoms with E-state index in [2.05, 4.69) is 39.2 Å². The number of likely N-dealkylation sites (tertiary alicyclic amines) is 1. The number of aliphatic hydroxyl groups excluding tert-OH is 1. The minimum Gasteiger partial charge on any atom is -0.444 e. The lowest BCUT2D eigenvalue weighted by atomic mass is 9.91. The van der Waals surface area contributed by atoms with E-state index in [1.807, 2.05) is 41.5 Å². The van der Waals surface area contributed by atoms with Gasteiger partial charge in [-0.1, -0.05) is 20.8 Å². The van der Waals surface area contributed by atoms with Gasteiger partial charge in [0.2, 0.25) is 0 Å². The van der Waals surface area contributed by atoms with Gasteiger partial charge in [0.15, 0.2) is 8.32 Å². The fourth-order valence-electron chi connectivity index (χ4n) is 3.85. The quantitative estimate of drug-likeness (QED) is 0.437. The normalized spacial score (nSPS) is 20.8. The van der Waals surface area contributed by atoms with Crippen LogP contribution in [0.5, 0.6) is 0 Å². The Morgan fingerprint density at radius 3 is 2.03 bits per heavy atom. The third-order valence-electron chi connectivity index (χ3n) is 6.43. The van der Waals surface area contributed by atoms with E-state index in [0.717, 1.165) is 0 Å². The first-order valence-corrected chi connectivity index (χ1v) is 15.4. The molecule has 1 fully saturated rings. The molecule has 0 radical (unpaired) electrons. The highest BCUT2D eigenvalue weighted by molar-refractivity contribution is 6.74. The molecule has 2 amide bonds. The Hall–Kier alpha value is -1.32. The molecule has 0 spiro atoms. The monoisotopic (exact) mass is 502 g/mol. The third kappa shape index (κ3) is 10.1. The van der Waals surface area contributed by atoms with Gasteiger partial charge in [-0.3, -0.25) is 0 Å². The van der Waals surface area contributed by atoms with E-state index in [1.54, 1.807) is 4.90 Å². The summed E-state index contributed by atoms with van der Waals surface area (Å²) in [7, 11) is -2.03. The first-order chi connectivity index (χ1) is 15.3. The van der Waals surface area contributed by atoms with Crippen molar-refractivity contribution in [3.63, 3.8) is 0 Å². The summed E-state index contributed by atoms with van der Waals surface area (Å²) in [6.07, 6.45) is 0.900. The molecule has 0 aromatic rings. The van der Waals surface area contributed by atoms with Gasteiger partial charge in [0.05, 0.1) is 6.10 Å². The number of aliphatic hydroxyl groups is 1. The molecule has 1 saturated heterocycles. The van der Waals surface area contributed by atoms with Crippen molar-refractivity contribution in [2.75, 3.05) is 19.7 Å². The molecule has 1 unspecified atom stereocenters. The van der Waals surface area contributed by atoms with Gasteiger partial charge in [-0.05, 0) is 84.9 Å². The molecule has 34 heavy (non-hydrogen) atoms. The van der Waals surface area contributed by atoms with Crippen molar-refractivity contribution in [3.05, 3.63) is 0 Å². The Kier molecular flexibility index (Phi) is 10.5. The molecule has 1 heterocycles. The largest absolute Gasteiger partial charge is 0.444 e. The van der Waals surface area contributed by atoms with Crippen molar-refractivity contribution in [2.45, 2.75) is 123 Å². The molecular weight excluding hydrogens is 452 g/mol. The number of nitrogens with zero attached hydrogens (tertiary/aromatic N) is 1. The van der Waals surface area contributed by atoms with Gasteiger partial charge < -0.3 is 29.2 Å². The standard InChI is InChI=1S/C25H50N2O6Si/c1-23(2,3)31-21(29)26-14-12-18(13-15-28)20-16-19(33-34(10,11)25(7,8)9)17-27(20)22(30)32-24(4,5)6/h18-20,28H,12-17H2,1-11H3,(H,26,29)/t18?,19-,20+/m1/s1. The van der Waals surface area contributed by atoms with Crippen LogP contribution in [0, 0.1) is 5.92 Å². The minimum atomic E-state index is -2.03. The Labute approximate surface area is 208 Å². The van der Waals surface area contributed by atoms with Gasteiger partial charge in [0.1, 0.15) is 11.2 Å². The molecule has 0 aromatic carbocycles. The zero-order chi connectivity index (χ0) is 26.5. The van der Waals surface area contributed by atoms with Crippen LogP contribution in [0.4, 0.5) is 9.59 Å². The van der Waals surface area contributed by atoms with Crippen LogP contribution in [-0.4, -0.2) is 73.6 Å². The van der Waals surface area contributed by atoms with Crippen LogP contribution in [-0.2, 0) is 13.9 Å². The van der Waals surface area contributed by atoms with Gasteiger partial charge >= 0.3 is 12.2 Å². The molecule has 9 heteroatoms. The highest BCUT2D eigenvalue weighted by atomic mass is 28.4. The highest BCUT2D eigenvalue weighted by Crippen LogP contribution is 2.40. The van der Waals surface area contributed by atoms with Crippen LogP contribution < -0.4 is 5.32 Å². The second-order valence-corrected chi connectivity index (χ2v) is 17.7. The summed E-state index contributed by atoms with van der Waals surface area (Å²) >= 11 is 0. The molecule has 3 atom stereocenters. The zero-order valence-corrected chi connectivity index (χ0v) is 24.4. The van der Waals surface area contributed by atoms with Gasteiger partial charge in [0.25, 0.3) is 0 Å². The van der Waals surface area contributed by atoms with E-state index < -0.39 is 25.6 Å². The molecule has 200 valence electrons. The van der Waals surface area contributed by atoms with Crippen LogP contribution in [0.1, 0.15) is 81.6 Å². The minimum absolute atomic E-state index is 0.00349. The lowest BCUT2D eigenvalue weighted by molar-refractivity contribution is 0.0144. The molecule has 2 N–H and O–H groups in total. The molecule has 1 aliphatic rings. The topological polar surface area (TPSA) is 97.3 Å². The molecule has 0 bridgehead atoms. The molecule has 8 nitrogen and oxygen atoms in total. The summed E-state index contributed by atoms with van der Waals surface area (Å²) in [4.78, 5) is 27.0. The summed E-state index contributed by atoms with van der Waals surface area (Å²) in [5.74, 6) is -0.0135. The second-order valence-electron chi connectivity index (χ2n) is 12.9. The lowest BCUT2D eigenvalue weighted by Gasteiger charge is -2.38. The van der Waals surface area contributed by atoms with Crippen LogP contribution in [0.2, 0.25) is 18.1 Å². The number of amides is 2. The van der Waals surface area contributed by atoms with Crippen molar-refractivity contribution < 1.29 is 28.6 Å². The fourth-order valence-corrected chi connectivity index (χ4v) is 5.21. The van der Waals surface area contributed by atoms with Gasteiger partial charge in [-0.2, -0.15) is 0 Å². The summed E-state index contributed by atoms with van der Waals surface area (Å²) < 4.78 is 17.7. The van der Waals surface area contributed by atoms with Crippen molar-refractivity contribution in [2.24, 2.45) is 5.92 Å². The number of rotatable bonds is 8. The number of hydrogen-bond acceptors (Lipinski definition) is 6. The summed E-state index contributed by atoms with van der Waals surface area (Å²) in [5.41, 5.74) is -1.17. The van der Waals surface area contributed by atoms with Crippen molar-refractivity contribution in [1.82, 2.24) is 10.2 Å². The van der Waals surface area contributed by atoms with Gasteiger partial charge in [0, 0.05) is 25.7 Å². The maximum Gasteiger partial charge on any atom is 0.410 e. The van der Waals surface area contributed by atoms with Crippen LogP contribution >= 0.6 is 0 Å². The van der Waals surface area contributed by atoms with Crippen molar-refractivity contribution in [3.8, 4) is 0 Å². The maximum atomic E-state index is 13.1. The zero-order valence-electron chi connectivity index (χ0n) is 23.4. The Bertz CT molecular complexity index is 678. The molecular formula is C25H50N2O6Si. The average molecular weight is 503 g/mol. The van der Waals surface area contributed by atoms with Crippen molar-refractivity contribution in [1.29, 1.82) is 0 Å². The third-order valence-corrected chi connectivity index (χ3v) is 11.0. The first kappa shape index (κ1) is 30.7. The number of alkyl carbamates (subject to hydrolysis) is 1. The van der Waals surface area contributed by atoms with E-state index in [-0.39, 0.29) is 35.8 Å². The summed E-state index contributed by atoms with van der Waals surface area (Å²) in [6, 6.07) is -0.141. The van der Waals surface area contributed by atoms with E-state index in [0.29, 0.717) is 32.4 Å². The second kappa shape index (κ2) is 11.6. The Balaban J connectivity index is 3.01. The molecule has 0 saturated carbocycles. The highest BCUT2D eigenvalue weighted by Gasteiger charge is 2.46. The molecule has 1 rings (SSSR count).